The van der Waals surface area contributed by atoms with E-state index in [2.05, 4.69) is 10.6 Å². The van der Waals surface area contributed by atoms with Gasteiger partial charge in [-0.3, -0.25) is 10.1 Å². The first kappa shape index (κ1) is 17.2. The summed E-state index contributed by atoms with van der Waals surface area (Å²) >= 11 is 0. The number of hydrogen-bond acceptors (Lipinski definition) is 5. The van der Waals surface area contributed by atoms with Gasteiger partial charge in [0.1, 0.15) is 22.7 Å². The second-order valence-corrected chi connectivity index (χ2v) is 6.31. The monoisotopic (exact) mass is 364 g/mol. The molecule has 2 aromatic carbocycles. The molecule has 2 aromatic heterocycles. The van der Waals surface area contributed by atoms with Gasteiger partial charge in [0.25, 0.3) is 0 Å². The molecular weight excluding hydrogens is 344 g/mol. The summed E-state index contributed by atoms with van der Waals surface area (Å²) in [6.07, 6.45) is 1.61. The first-order valence-electron chi connectivity index (χ1n) is 8.71. The quantitative estimate of drug-likeness (QED) is 0.528. The summed E-state index contributed by atoms with van der Waals surface area (Å²) < 4.78 is 16.7. The molecule has 0 aliphatic rings. The molecule has 0 saturated carbocycles. The maximum Gasteiger partial charge on any atom is 0.238 e. The van der Waals surface area contributed by atoms with E-state index in [1.165, 1.54) is 0 Å². The van der Waals surface area contributed by atoms with Crippen LogP contribution in [0.15, 0.2) is 63.6 Å². The molecule has 0 saturated heterocycles. The first-order chi connectivity index (χ1) is 13.2. The summed E-state index contributed by atoms with van der Waals surface area (Å²) in [5.74, 6) is 1.19. The van der Waals surface area contributed by atoms with E-state index in [4.69, 9.17) is 13.6 Å². The number of ether oxygens (including phenoxy) is 1. The van der Waals surface area contributed by atoms with Crippen molar-refractivity contribution in [1.82, 2.24) is 5.32 Å². The zero-order valence-corrected chi connectivity index (χ0v) is 15.1. The number of hydrogen-bond donors (Lipinski definition) is 2. The molecular formula is C21H20N2O4. The third-order valence-corrected chi connectivity index (χ3v) is 4.51. The highest BCUT2D eigenvalue weighted by Gasteiger charge is 2.15. The lowest BCUT2D eigenvalue weighted by atomic mass is 10.1. The van der Waals surface area contributed by atoms with Crippen molar-refractivity contribution in [3.8, 4) is 5.75 Å². The maximum absolute atomic E-state index is 12.4. The minimum atomic E-state index is -0.179. The van der Waals surface area contributed by atoms with Gasteiger partial charge in [-0.2, -0.15) is 0 Å². The molecule has 0 aliphatic carbocycles. The minimum absolute atomic E-state index is 0.0644. The molecule has 2 N–H and O–H groups in total. The van der Waals surface area contributed by atoms with E-state index in [0.29, 0.717) is 17.0 Å². The molecule has 0 bridgehead atoms. The van der Waals surface area contributed by atoms with Crippen LogP contribution in [-0.4, -0.2) is 19.6 Å². The molecule has 1 amide bonds. The fourth-order valence-corrected chi connectivity index (χ4v) is 3.10. The van der Waals surface area contributed by atoms with Gasteiger partial charge in [0.2, 0.25) is 5.91 Å². The molecule has 6 heteroatoms. The molecule has 0 radical (unpaired) electrons. The third kappa shape index (κ3) is 3.39. The summed E-state index contributed by atoms with van der Waals surface area (Å²) in [7, 11) is 1.58. The Kier molecular flexibility index (Phi) is 4.56. The zero-order valence-electron chi connectivity index (χ0n) is 15.1. The van der Waals surface area contributed by atoms with Gasteiger partial charge in [0.05, 0.1) is 31.6 Å². The van der Waals surface area contributed by atoms with Crippen molar-refractivity contribution in [3.63, 3.8) is 0 Å². The van der Waals surface area contributed by atoms with Gasteiger partial charge in [-0.25, -0.2) is 0 Å². The van der Waals surface area contributed by atoms with Crippen LogP contribution in [0.3, 0.4) is 0 Å². The Balaban J connectivity index is 1.53. The number of para-hydroxylation sites is 1. The van der Waals surface area contributed by atoms with E-state index in [-0.39, 0.29) is 18.5 Å². The Morgan fingerprint density at radius 2 is 1.96 bits per heavy atom. The van der Waals surface area contributed by atoms with E-state index >= 15 is 0 Å². The van der Waals surface area contributed by atoms with Crippen LogP contribution in [0.25, 0.3) is 21.9 Å². The van der Waals surface area contributed by atoms with E-state index in [0.717, 1.165) is 22.1 Å². The predicted molar refractivity (Wildman–Crippen MR) is 104 cm³/mol. The van der Waals surface area contributed by atoms with Crippen LogP contribution in [0, 0.1) is 0 Å². The Bertz CT molecular complexity index is 1080. The van der Waals surface area contributed by atoms with Crippen molar-refractivity contribution < 1.29 is 18.4 Å². The van der Waals surface area contributed by atoms with Gasteiger partial charge in [-0.05, 0) is 31.2 Å². The fraction of sp³-hybridized carbons (Fsp3) is 0.190. The van der Waals surface area contributed by atoms with Crippen molar-refractivity contribution in [1.29, 1.82) is 0 Å². The summed E-state index contributed by atoms with van der Waals surface area (Å²) in [4.78, 5) is 12.4. The largest absolute Gasteiger partial charge is 0.495 e. The summed E-state index contributed by atoms with van der Waals surface area (Å²) in [6.45, 7) is 2.08. The van der Waals surface area contributed by atoms with E-state index in [1.54, 1.807) is 19.4 Å². The number of furan rings is 2. The molecule has 0 unspecified atom stereocenters. The van der Waals surface area contributed by atoms with Crippen LogP contribution in [0.2, 0.25) is 0 Å². The van der Waals surface area contributed by atoms with Crippen LogP contribution in [-0.2, 0) is 4.79 Å². The van der Waals surface area contributed by atoms with E-state index < -0.39 is 0 Å². The van der Waals surface area contributed by atoms with Crippen molar-refractivity contribution in [3.05, 3.63) is 60.6 Å². The van der Waals surface area contributed by atoms with Gasteiger partial charge in [-0.1, -0.05) is 18.2 Å². The smallest absolute Gasteiger partial charge is 0.238 e. The van der Waals surface area contributed by atoms with Crippen molar-refractivity contribution in [2.75, 3.05) is 19.0 Å². The summed E-state index contributed by atoms with van der Waals surface area (Å²) in [6, 6.07) is 15.1. The molecule has 27 heavy (non-hydrogen) atoms. The lowest BCUT2D eigenvalue weighted by molar-refractivity contribution is -0.115. The summed E-state index contributed by atoms with van der Waals surface area (Å²) in [5.41, 5.74) is 2.07. The lowest BCUT2D eigenvalue weighted by Crippen LogP contribution is -2.30. The number of amides is 1. The number of fused-ring (bicyclic) bond motifs is 3. The average molecular weight is 364 g/mol. The van der Waals surface area contributed by atoms with Gasteiger partial charge in [0.15, 0.2) is 0 Å². The Hall–Kier alpha value is -3.25. The number of carbonyl (C=O) groups excluding carboxylic acids is 1. The van der Waals surface area contributed by atoms with Crippen molar-refractivity contribution >= 4 is 33.5 Å². The molecule has 138 valence electrons. The third-order valence-electron chi connectivity index (χ3n) is 4.51. The normalized spacial score (nSPS) is 12.4. The van der Waals surface area contributed by atoms with Crippen LogP contribution in [0.1, 0.15) is 18.7 Å². The number of rotatable bonds is 6. The maximum atomic E-state index is 12.4. The van der Waals surface area contributed by atoms with Gasteiger partial charge < -0.3 is 18.9 Å². The second kappa shape index (κ2) is 7.17. The Morgan fingerprint density at radius 1 is 1.11 bits per heavy atom. The second-order valence-electron chi connectivity index (χ2n) is 6.31. The van der Waals surface area contributed by atoms with Crippen molar-refractivity contribution in [2.24, 2.45) is 0 Å². The number of methoxy groups -OCH3 is 1. The van der Waals surface area contributed by atoms with Crippen LogP contribution < -0.4 is 15.4 Å². The topological polar surface area (TPSA) is 76.6 Å². The van der Waals surface area contributed by atoms with Gasteiger partial charge in [0, 0.05) is 16.8 Å². The Labute approximate surface area is 156 Å². The van der Waals surface area contributed by atoms with Crippen molar-refractivity contribution in [2.45, 2.75) is 13.0 Å². The SMILES string of the molecule is COc1cc2c(cc1NC(=O)CN[C@H](C)c1ccco1)oc1ccccc12. The highest BCUT2D eigenvalue weighted by Crippen LogP contribution is 2.36. The highest BCUT2D eigenvalue weighted by molar-refractivity contribution is 6.07. The molecule has 0 spiro atoms. The number of benzene rings is 2. The molecule has 0 aliphatic heterocycles. The molecule has 0 fully saturated rings. The molecule has 1 atom stereocenters. The molecule has 4 aromatic rings. The summed E-state index contributed by atoms with van der Waals surface area (Å²) in [5, 5.41) is 7.97. The Morgan fingerprint density at radius 3 is 2.74 bits per heavy atom. The standard InChI is InChI=1S/C21H20N2O4/c1-13(17-8-5-9-26-17)22-12-21(24)23-16-11-19-15(10-20(16)25-2)14-6-3-4-7-18(14)27-19/h3-11,13,22H,12H2,1-2H3,(H,23,24)/t13-/m1/s1. The van der Waals surface area contributed by atoms with E-state index in [9.17, 15) is 4.79 Å². The predicted octanol–water partition coefficient (Wildman–Crippen LogP) is 4.48. The van der Waals surface area contributed by atoms with Gasteiger partial charge in [-0.15, -0.1) is 0 Å². The number of nitrogens with one attached hydrogen (secondary N) is 2. The molecule has 2 heterocycles. The number of anilines is 1. The van der Waals surface area contributed by atoms with Gasteiger partial charge >= 0.3 is 0 Å². The molecule has 4 rings (SSSR count). The highest BCUT2D eigenvalue weighted by atomic mass is 16.5. The lowest BCUT2D eigenvalue weighted by Gasteiger charge is -2.13. The van der Waals surface area contributed by atoms with E-state index in [1.807, 2.05) is 49.4 Å². The number of carbonyl (C=O) groups is 1. The van der Waals surface area contributed by atoms with Crippen LogP contribution in [0.4, 0.5) is 5.69 Å². The molecule has 6 nitrogen and oxygen atoms in total. The van der Waals surface area contributed by atoms with Crippen LogP contribution in [0.5, 0.6) is 5.75 Å². The zero-order chi connectivity index (χ0) is 18.8. The van der Waals surface area contributed by atoms with Crippen LogP contribution >= 0.6 is 0 Å². The first-order valence-corrected chi connectivity index (χ1v) is 8.71. The minimum Gasteiger partial charge on any atom is -0.495 e. The fourth-order valence-electron chi connectivity index (χ4n) is 3.10. The average Bonchev–Trinajstić information content (AvgIpc) is 3.33.